The third-order valence-electron chi connectivity index (χ3n) is 11.4. The second kappa shape index (κ2) is 25.8. The molecule has 0 N–H and O–H groups in total. The highest BCUT2D eigenvalue weighted by Crippen LogP contribution is 2.57. The first-order valence-electron chi connectivity index (χ1n) is 21.1. The summed E-state index contributed by atoms with van der Waals surface area (Å²) in [4.78, 5) is 0. The molecule has 3 aliphatic rings. The monoisotopic (exact) mass is 651 g/mol. The quantitative estimate of drug-likeness (QED) is 0.0569. The zero-order chi connectivity index (χ0) is 33.3. The van der Waals surface area contributed by atoms with Crippen LogP contribution in [0.1, 0.15) is 201 Å². The molecule has 1 heterocycles. The van der Waals surface area contributed by atoms with Crippen LogP contribution in [0.2, 0.25) is 0 Å². The molecule has 2 heteroatoms. The summed E-state index contributed by atoms with van der Waals surface area (Å²) in [5.41, 5.74) is 0. The number of fused-ring (bicyclic) bond motifs is 5. The highest BCUT2D eigenvalue weighted by Gasteiger charge is 2.60. The van der Waals surface area contributed by atoms with Crippen LogP contribution in [-0.4, -0.2) is 18.0 Å². The first-order chi connectivity index (χ1) is 23.2. The van der Waals surface area contributed by atoms with Crippen molar-refractivity contribution in [2.75, 3.05) is 0 Å². The molecule has 2 saturated carbocycles. The van der Waals surface area contributed by atoms with Gasteiger partial charge >= 0.3 is 0 Å². The van der Waals surface area contributed by atoms with Crippen molar-refractivity contribution in [2.45, 2.75) is 219 Å². The Kier molecular flexibility index (Phi) is 22.1. The van der Waals surface area contributed by atoms with E-state index < -0.39 is 0 Å². The van der Waals surface area contributed by atoms with Gasteiger partial charge in [0.15, 0.2) is 5.79 Å². The third-order valence-corrected chi connectivity index (χ3v) is 11.4. The molecule has 3 rings (SSSR count). The van der Waals surface area contributed by atoms with Gasteiger partial charge in [0.25, 0.3) is 0 Å². The highest BCUT2D eigenvalue weighted by molar-refractivity contribution is 5.06. The lowest BCUT2D eigenvalue weighted by Gasteiger charge is -2.30. The van der Waals surface area contributed by atoms with Crippen molar-refractivity contribution in [3.05, 3.63) is 48.6 Å². The van der Waals surface area contributed by atoms with Gasteiger partial charge in [-0.1, -0.05) is 146 Å². The maximum absolute atomic E-state index is 6.98. The summed E-state index contributed by atoms with van der Waals surface area (Å²) in [6.45, 7) is 7.00. The molecule has 2 bridgehead atoms. The fraction of sp³-hybridized carbons (Fsp3) is 0.822. The van der Waals surface area contributed by atoms with Crippen molar-refractivity contribution in [3.8, 4) is 0 Å². The lowest BCUT2D eigenvalue weighted by atomic mass is 9.86. The molecule has 5 atom stereocenters. The number of ether oxygens (including phenoxy) is 2. The van der Waals surface area contributed by atoms with Crippen molar-refractivity contribution in [1.82, 2.24) is 0 Å². The van der Waals surface area contributed by atoms with E-state index in [0.29, 0.717) is 12.2 Å². The second-order valence-corrected chi connectivity index (χ2v) is 15.6. The maximum Gasteiger partial charge on any atom is 0.169 e. The molecule has 3 unspecified atom stereocenters. The third kappa shape index (κ3) is 16.4. The van der Waals surface area contributed by atoms with Gasteiger partial charge in [0, 0.05) is 12.8 Å². The summed E-state index contributed by atoms with van der Waals surface area (Å²) < 4.78 is 13.9. The molecule has 0 spiro atoms. The summed E-state index contributed by atoms with van der Waals surface area (Å²) in [5.74, 6) is 2.05. The minimum atomic E-state index is -0.277. The summed E-state index contributed by atoms with van der Waals surface area (Å²) in [6, 6.07) is 0. The van der Waals surface area contributed by atoms with Crippen LogP contribution in [0, 0.1) is 17.8 Å². The first kappa shape index (κ1) is 40.3. The summed E-state index contributed by atoms with van der Waals surface area (Å²) in [7, 11) is 0. The smallest absolute Gasteiger partial charge is 0.169 e. The zero-order valence-electron chi connectivity index (χ0n) is 31.6. The Morgan fingerprint density at radius 1 is 0.468 bits per heavy atom. The first-order valence-corrected chi connectivity index (χ1v) is 21.1. The van der Waals surface area contributed by atoms with Gasteiger partial charge in [-0.15, -0.1) is 0 Å². The van der Waals surface area contributed by atoms with Crippen LogP contribution in [0.3, 0.4) is 0 Å². The van der Waals surface area contributed by atoms with Crippen LogP contribution in [0.4, 0.5) is 0 Å². The Balaban J connectivity index is 1.23. The van der Waals surface area contributed by atoms with Crippen molar-refractivity contribution in [2.24, 2.45) is 17.8 Å². The molecule has 0 aromatic rings. The Bertz CT molecular complexity index is 819. The molecule has 0 amide bonds. The van der Waals surface area contributed by atoms with E-state index in [4.69, 9.17) is 9.47 Å². The highest BCUT2D eigenvalue weighted by atomic mass is 16.8. The number of unbranched alkanes of at least 4 members (excludes halogenated alkanes) is 18. The molecule has 0 radical (unpaired) electrons. The fourth-order valence-corrected chi connectivity index (χ4v) is 8.54. The van der Waals surface area contributed by atoms with Crippen LogP contribution in [0.25, 0.3) is 0 Å². The summed E-state index contributed by atoms with van der Waals surface area (Å²) in [5, 5.41) is 0. The normalized spacial score (nSPS) is 25.1. The molecule has 2 aliphatic carbocycles. The van der Waals surface area contributed by atoms with Crippen molar-refractivity contribution < 1.29 is 9.47 Å². The van der Waals surface area contributed by atoms with Gasteiger partial charge in [-0.25, -0.2) is 0 Å². The SMILES string of the molecule is CCCCC/C=C\C/C=C\CCCCCCCCC1(CCCCCCCC/C=C\C/C=C\CCCCC)O[C@@H]2C3CC(C)C(C3)[C@@H]2O1. The standard InChI is InChI=1S/C45H78O2/c1-4-6-8-10-12-14-16-18-20-22-24-26-28-30-32-34-36-45(46-43-41-38-40(3)42(39-41)44(43)47-45)37-35-33-31-29-27-25-23-21-19-17-15-13-11-9-7-5-2/h12-15,18-21,40-44H,4-11,16-17,22-39H2,1-3H3/b14-12-,15-13-,20-18-,21-19-/t40?,41?,42?,43-,44+/m1/s1. The van der Waals surface area contributed by atoms with Gasteiger partial charge in [0.2, 0.25) is 0 Å². The summed E-state index contributed by atoms with van der Waals surface area (Å²) >= 11 is 0. The van der Waals surface area contributed by atoms with Gasteiger partial charge < -0.3 is 9.47 Å². The number of allylic oxidation sites excluding steroid dienone is 8. The lowest BCUT2D eigenvalue weighted by molar-refractivity contribution is -0.196. The Labute approximate surface area is 293 Å². The van der Waals surface area contributed by atoms with E-state index in [1.165, 1.54) is 154 Å². The van der Waals surface area contributed by atoms with Crippen LogP contribution in [0.5, 0.6) is 0 Å². The van der Waals surface area contributed by atoms with Gasteiger partial charge in [-0.2, -0.15) is 0 Å². The van der Waals surface area contributed by atoms with E-state index in [2.05, 4.69) is 69.4 Å². The van der Waals surface area contributed by atoms with Crippen LogP contribution >= 0.6 is 0 Å². The largest absolute Gasteiger partial charge is 0.344 e. The van der Waals surface area contributed by atoms with Crippen LogP contribution in [0.15, 0.2) is 48.6 Å². The molecular formula is C45H78O2. The van der Waals surface area contributed by atoms with E-state index in [1.807, 2.05) is 0 Å². The average molecular weight is 651 g/mol. The van der Waals surface area contributed by atoms with Gasteiger partial charge in [0.05, 0.1) is 12.2 Å². The van der Waals surface area contributed by atoms with E-state index in [1.54, 1.807) is 0 Å². The number of hydrogen-bond acceptors (Lipinski definition) is 2. The Hall–Kier alpha value is -1.12. The van der Waals surface area contributed by atoms with Crippen molar-refractivity contribution in [1.29, 1.82) is 0 Å². The maximum atomic E-state index is 6.98. The molecule has 47 heavy (non-hydrogen) atoms. The van der Waals surface area contributed by atoms with E-state index >= 15 is 0 Å². The van der Waals surface area contributed by atoms with Gasteiger partial charge in [0.1, 0.15) is 0 Å². The summed E-state index contributed by atoms with van der Waals surface area (Å²) in [6.07, 6.45) is 55.9. The molecule has 270 valence electrons. The van der Waals surface area contributed by atoms with Crippen LogP contribution < -0.4 is 0 Å². The van der Waals surface area contributed by atoms with Crippen molar-refractivity contribution in [3.63, 3.8) is 0 Å². The molecule has 1 saturated heterocycles. The van der Waals surface area contributed by atoms with Crippen LogP contribution in [-0.2, 0) is 9.47 Å². The van der Waals surface area contributed by atoms with Crippen molar-refractivity contribution >= 4 is 0 Å². The average Bonchev–Trinajstić information content (AvgIpc) is 3.74. The molecule has 2 nitrogen and oxygen atoms in total. The van der Waals surface area contributed by atoms with E-state index in [0.717, 1.165) is 43.4 Å². The molecule has 3 fully saturated rings. The van der Waals surface area contributed by atoms with E-state index in [9.17, 15) is 0 Å². The molecular weight excluding hydrogens is 572 g/mol. The molecule has 0 aromatic carbocycles. The minimum absolute atomic E-state index is 0.277. The predicted molar refractivity (Wildman–Crippen MR) is 206 cm³/mol. The molecule has 0 aromatic heterocycles. The minimum Gasteiger partial charge on any atom is -0.344 e. The van der Waals surface area contributed by atoms with E-state index in [-0.39, 0.29) is 5.79 Å². The second-order valence-electron chi connectivity index (χ2n) is 15.6. The topological polar surface area (TPSA) is 18.5 Å². The fourth-order valence-electron chi connectivity index (χ4n) is 8.54. The van der Waals surface area contributed by atoms with Gasteiger partial charge in [-0.05, 0) is 108 Å². The molecule has 1 aliphatic heterocycles. The number of hydrogen-bond donors (Lipinski definition) is 0. The Morgan fingerprint density at radius 2 is 0.872 bits per heavy atom. The lowest BCUT2D eigenvalue weighted by Crippen LogP contribution is -2.33. The predicted octanol–water partition coefficient (Wildman–Crippen LogP) is 14.5. The number of rotatable bonds is 30. The Morgan fingerprint density at radius 3 is 1.34 bits per heavy atom. The van der Waals surface area contributed by atoms with Gasteiger partial charge in [-0.3, -0.25) is 0 Å². The zero-order valence-corrected chi connectivity index (χ0v) is 31.6.